The van der Waals surface area contributed by atoms with Crippen LogP contribution >= 0.6 is 0 Å². The predicted octanol–water partition coefficient (Wildman–Crippen LogP) is 8.34. The van der Waals surface area contributed by atoms with E-state index < -0.39 is 0 Å². The molecule has 0 spiro atoms. The minimum Gasteiger partial charge on any atom is -0.366 e. The van der Waals surface area contributed by atoms with Crippen molar-refractivity contribution in [3.63, 3.8) is 0 Å². The van der Waals surface area contributed by atoms with Crippen molar-refractivity contribution in [2.75, 3.05) is 39.3 Å². The van der Waals surface area contributed by atoms with Crippen LogP contribution in [0.5, 0.6) is 0 Å². The Labute approximate surface area is 270 Å². The molecule has 2 amide bonds. The maximum atomic E-state index is 11.7. The summed E-state index contributed by atoms with van der Waals surface area (Å²) in [6.07, 6.45) is 38.7. The average molecular weight is 613 g/mol. The molecule has 0 aromatic carbocycles. The lowest BCUT2D eigenvalue weighted by Crippen LogP contribution is -2.46. The quantitative estimate of drug-likeness (QED) is 0.0722. The highest BCUT2D eigenvalue weighted by Crippen LogP contribution is 2.23. The van der Waals surface area contributed by atoms with Crippen molar-refractivity contribution in [3.8, 4) is 0 Å². The molecule has 0 aliphatic carbocycles. The molecule has 0 bridgehead atoms. The van der Waals surface area contributed by atoms with E-state index in [1.165, 1.54) is 128 Å². The van der Waals surface area contributed by atoms with E-state index in [9.17, 15) is 9.59 Å². The maximum absolute atomic E-state index is 11.7. The Bertz CT molecular complexity index is 876. The van der Waals surface area contributed by atoms with Gasteiger partial charge in [0.15, 0.2) is 0 Å². The van der Waals surface area contributed by atoms with Crippen molar-refractivity contribution in [1.29, 1.82) is 0 Å². The molecule has 0 radical (unpaired) electrons. The van der Waals surface area contributed by atoms with Crippen molar-refractivity contribution in [1.82, 2.24) is 0 Å². The first-order valence-electron chi connectivity index (χ1n) is 18.5. The smallest absolute Gasteiger partial charge is 0.248 e. The van der Waals surface area contributed by atoms with Gasteiger partial charge in [0.2, 0.25) is 11.8 Å². The highest BCUT2D eigenvalue weighted by atomic mass is 16.1. The van der Waals surface area contributed by atoms with Gasteiger partial charge >= 0.3 is 0 Å². The monoisotopic (exact) mass is 613 g/mol. The van der Waals surface area contributed by atoms with Gasteiger partial charge in [-0.15, -0.1) is 0 Å². The van der Waals surface area contributed by atoms with Gasteiger partial charge in [0.05, 0.1) is 38.6 Å². The Kier molecular flexibility index (Phi) is 19.3. The van der Waals surface area contributed by atoms with Crippen molar-refractivity contribution >= 4 is 11.8 Å². The molecule has 0 saturated carbocycles. The highest BCUT2D eigenvalue weighted by molar-refractivity contribution is 5.95. The summed E-state index contributed by atoms with van der Waals surface area (Å²) >= 11 is 0. The molecule has 0 fully saturated rings. The van der Waals surface area contributed by atoms with Gasteiger partial charge < -0.3 is 11.5 Å². The van der Waals surface area contributed by atoms with Crippen LogP contribution < -0.4 is 11.5 Å². The molecule has 2 aliphatic rings. The molecule has 2 heterocycles. The topological polar surface area (TPSA) is 86.2 Å². The lowest BCUT2D eigenvalue weighted by molar-refractivity contribution is -0.875. The van der Waals surface area contributed by atoms with Crippen molar-refractivity contribution in [3.05, 3.63) is 47.9 Å². The average Bonchev–Trinajstić information content (AvgIpc) is 3.02. The van der Waals surface area contributed by atoms with Crippen LogP contribution in [0.1, 0.15) is 142 Å². The lowest BCUT2D eigenvalue weighted by atomic mass is 10.0. The second-order valence-corrected chi connectivity index (χ2v) is 13.7. The van der Waals surface area contributed by atoms with Gasteiger partial charge in [0, 0.05) is 23.3 Å². The first kappa shape index (κ1) is 38.0. The third-order valence-electron chi connectivity index (χ3n) is 9.93. The van der Waals surface area contributed by atoms with Gasteiger partial charge in [-0.25, -0.2) is 0 Å². The van der Waals surface area contributed by atoms with Crippen molar-refractivity contribution < 1.29 is 18.6 Å². The lowest BCUT2D eigenvalue weighted by Gasteiger charge is -2.37. The number of unbranched alkanes of at least 4 members (excludes halogenated alkanes) is 17. The highest BCUT2D eigenvalue weighted by Gasteiger charge is 2.28. The van der Waals surface area contributed by atoms with E-state index in [0.29, 0.717) is 11.1 Å². The summed E-state index contributed by atoms with van der Waals surface area (Å²) in [4.78, 5) is 23.4. The second-order valence-electron chi connectivity index (χ2n) is 13.7. The van der Waals surface area contributed by atoms with Crippen LogP contribution in [0.15, 0.2) is 47.9 Å². The molecule has 44 heavy (non-hydrogen) atoms. The first-order chi connectivity index (χ1) is 21.4. The first-order valence-corrected chi connectivity index (χ1v) is 18.5. The fourth-order valence-corrected chi connectivity index (χ4v) is 6.88. The Morgan fingerprint density at radius 3 is 1.00 bits per heavy atom. The number of rotatable bonds is 27. The van der Waals surface area contributed by atoms with Crippen molar-refractivity contribution in [2.45, 2.75) is 142 Å². The number of quaternary nitrogens is 2. The molecule has 0 saturated heterocycles. The zero-order valence-electron chi connectivity index (χ0n) is 28.7. The van der Waals surface area contributed by atoms with E-state index in [4.69, 9.17) is 11.5 Å². The predicted molar refractivity (Wildman–Crippen MR) is 186 cm³/mol. The summed E-state index contributed by atoms with van der Waals surface area (Å²) in [5.74, 6) is -0.639. The third kappa shape index (κ3) is 15.2. The fraction of sp³-hybridized carbons (Fsp3) is 0.737. The molecule has 4 N–H and O–H groups in total. The fourth-order valence-electron chi connectivity index (χ4n) is 6.88. The molecule has 250 valence electrons. The number of hydrogen-bond acceptors (Lipinski definition) is 2. The number of primary amides is 2. The van der Waals surface area contributed by atoms with Gasteiger partial charge in [-0.3, -0.25) is 18.6 Å². The van der Waals surface area contributed by atoms with Crippen molar-refractivity contribution in [2.24, 2.45) is 11.5 Å². The minimum atomic E-state index is -0.320. The summed E-state index contributed by atoms with van der Waals surface area (Å²) in [6.45, 7) is 10.8. The summed E-state index contributed by atoms with van der Waals surface area (Å²) in [5, 5.41) is 0. The third-order valence-corrected chi connectivity index (χ3v) is 9.93. The van der Waals surface area contributed by atoms with E-state index >= 15 is 0 Å². The van der Waals surface area contributed by atoms with E-state index in [1.54, 1.807) is 0 Å². The summed E-state index contributed by atoms with van der Waals surface area (Å²) < 4.78 is 1.91. The molecular formula is C38H68N4O2+2. The molecule has 0 aromatic rings. The van der Waals surface area contributed by atoms with E-state index in [0.717, 1.165) is 48.2 Å². The molecule has 0 aromatic heterocycles. The molecule has 6 heteroatoms. The summed E-state index contributed by atoms with van der Waals surface area (Å²) in [7, 11) is 0. The van der Waals surface area contributed by atoms with Crippen LogP contribution in [0.3, 0.4) is 0 Å². The standard InChI is InChI=1S/C38H66N4O2/c1-3-5-7-9-11-13-15-19-27-41(31-23-35(24-32-41)37(39)43)29-21-17-18-22-30-42(33-25-36(26-34-42)38(40)44)28-20-16-14-12-10-8-6-4-2/h23-26,31,33H,3-22,27-30,32,34H2,1-2H3,(H2-2,39,40,43,44)/p+2. The number of carbonyl (C=O) groups excluding carboxylic acids is 2. The SMILES string of the molecule is CCCCCCCCCC[N+]1(CCCCCC[N+]2(CCCCCCCCCC)C=CC(C(N)=O)=CC2)C=CC(C(N)=O)=CC1. The van der Waals surface area contributed by atoms with Crippen LogP contribution in [-0.2, 0) is 9.59 Å². The molecule has 2 unspecified atom stereocenters. The molecule has 2 aliphatic heterocycles. The Morgan fingerprint density at radius 1 is 0.500 bits per heavy atom. The normalized spacial score (nSPS) is 21.3. The number of nitrogens with two attached hydrogens (primary N) is 2. The zero-order chi connectivity index (χ0) is 31.9. The van der Waals surface area contributed by atoms with Gasteiger partial charge in [-0.05, 0) is 63.5 Å². The van der Waals surface area contributed by atoms with E-state index in [2.05, 4.69) is 38.4 Å². The van der Waals surface area contributed by atoms with Gasteiger partial charge in [-0.1, -0.05) is 90.9 Å². The minimum absolute atomic E-state index is 0.320. The summed E-state index contributed by atoms with van der Waals surface area (Å²) in [6, 6.07) is 0. The van der Waals surface area contributed by atoms with Gasteiger partial charge in [0.1, 0.15) is 13.1 Å². The van der Waals surface area contributed by atoms with Gasteiger partial charge in [-0.2, -0.15) is 0 Å². The second kappa shape index (κ2) is 22.3. The maximum Gasteiger partial charge on any atom is 0.248 e. The molecular weight excluding hydrogens is 544 g/mol. The molecule has 2 atom stereocenters. The largest absolute Gasteiger partial charge is 0.366 e. The number of carbonyl (C=O) groups is 2. The molecule has 6 nitrogen and oxygen atoms in total. The van der Waals surface area contributed by atoms with Crippen LogP contribution in [0.25, 0.3) is 0 Å². The molecule has 2 rings (SSSR count). The van der Waals surface area contributed by atoms with E-state index in [-0.39, 0.29) is 11.8 Å². The summed E-state index contributed by atoms with van der Waals surface area (Å²) in [5.41, 5.74) is 12.4. The zero-order valence-corrected chi connectivity index (χ0v) is 28.7. The number of nitrogens with zero attached hydrogens (tertiary/aromatic N) is 2. The number of hydrogen-bond donors (Lipinski definition) is 2. The Balaban J connectivity index is 1.78. The van der Waals surface area contributed by atoms with Gasteiger partial charge in [0.25, 0.3) is 0 Å². The van der Waals surface area contributed by atoms with Crippen LogP contribution in [0, 0.1) is 0 Å². The Hall–Kier alpha value is -2.18. The van der Waals surface area contributed by atoms with E-state index in [1.807, 2.05) is 12.2 Å². The van der Waals surface area contributed by atoms with Crippen LogP contribution in [0.2, 0.25) is 0 Å². The van der Waals surface area contributed by atoms with Crippen LogP contribution in [0.4, 0.5) is 0 Å². The Morgan fingerprint density at radius 2 is 0.773 bits per heavy atom. The van der Waals surface area contributed by atoms with Crippen LogP contribution in [-0.4, -0.2) is 60.0 Å². The number of amides is 2.